The van der Waals surface area contributed by atoms with E-state index >= 15 is 0 Å². The molecule has 1 atom stereocenters. The maximum Gasteiger partial charge on any atom is -0.0354 e. The van der Waals surface area contributed by atoms with Gasteiger partial charge in [0.2, 0.25) is 0 Å². The molecule has 0 aliphatic heterocycles. The van der Waals surface area contributed by atoms with Gasteiger partial charge in [0, 0.05) is 0 Å². The molecule has 0 saturated carbocycles. The molecule has 0 nitrogen and oxygen atoms in total. The first-order valence-corrected chi connectivity index (χ1v) is 8.17. The van der Waals surface area contributed by atoms with Gasteiger partial charge in [0.05, 0.1) is 0 Å². The minimum atomic E-state index is 0.499. The van der Waals surface area contributed by atoms with E-state index in [1.807, 2.05) is 0 Å². The molecule has 0 aromatic carbocycles. The van der Waals surface area contributed by atoms with Crippen LogP contribution in [0.2, 0.25) is 0 Å². The Bertz CT molecular complexity index is 189. The summed E-state index contributed by atoms with van der Waals surface area (Å²) in [6.45, 7) is 16.6. The van der Waals surface area contributed by atoms with Gasteiger partial charge in [0.15, 0.2) is 0 Å². The fourth-order valence-corrected chi connectivity index (χ4v) is 2.68. The molecule has 110 valence electrons. The second-order valence-electron chi connectivity index (χ2n) is 8.37. The number of hydrogen-bond donors (Lipinski definition) is 0. The second-order valence-corrected chi connectivity index (χ2v) is 8.37. The maximum atomic E-state index is 2.42. The molecule has 0 bridgehead atoms. The molecule has 18 heavy (non-hydrogen) atoms. The third-order valence-corrected chi connectivity index (χ3v) is 4.11. The summed E-state index contributed by atoms with van der Waals surface area (Å²) < 4.78 is 0. The summed E-state index contributed by atoms with van der Waals surface area (Å²) in [4.78, 5) is 0. The molecule has 0 spiro atoms. The minimum Gasteiger partial charge on any atom is -0.0654 e. The summed E-state index contributed by atoms with van der Waals surface area (Å²) in [7, 11) is 0. The zero-order valence-electron chi connectivity index (χ0n) is 14.2. The smallest absolute Gasteiger partial charge is 0.0354 e. The van der Waals surface area contributed by atoms with Crippen LogP contribution in [-0.4, -0.2) is 0 Å². The predicted molar refractivity (Wildman–Crippen MR) is 85.0 cm³/mol. The molecule has 0 amide bonds. The van der Waals surface area contributed by atoms with Gasteiger partial charge in [-0.2, -0.15) is 0 Å². The van der Waals surface area contributed by atoms with Crippen LogP contribution in [0.3, 0.4) is 0 Å². The van der Waals surface area contributed by atoms with Gasteiger partial charge in [0.25, 0.3) is 0 Å². The van der Waals surface area contributed by atoms with Gasteiger partial charge in [-0.1, -0.05) is 80.6 Å². The Hall–Kier alpha value is 0. The lowest BCUT2D eigenvalue weighted by Crippen LogP contribution is -2.20. The molecule has 0 aromatic heterocycles. The van der Waals surface area contributed by atoms with Crippen molar-refractivity contribution in [3.63, 3.8) is 0 Å². The standard InChI is InChI=1S/C18H38/c1-8-9-13-16(18(5,6)7)14-11-10-12-15-17(2,3)4/h16H,8-15H2,1-7H3. The van der Waals surface area contributed by atoms with E-state index in [9.17, 15) is 0 Å². The first kappa shape index (κ1) is 18.0. The van der Waals surface area contributed by atoms with Crippen LogP contribution in [0, 0.1) is 16.7 Å². The van der Waals surface area contributed by atoms with Crippen LogP contribution in [0.15, 0.2) is 0 Å². The molecule has 0 rings (SSSR count). The highest BCUT2D eigenvalue weighted by Crippen LogP contribution is 2.34. The largest absolute Gasteiger partial charge is 0.0654 e. The van der Waals surface area contributed by atoms with Crippen LogP contribution >= 0.6 is 0 Å². The quantitative estimate of drug-likeness (QED) is 0.416. The molecular weight excluding hydrogens is 216 g/mol. The van der Waals surface area contributed by atoms with Gasteiger partial charge in [-0.25, -0.2) is 0 Å². The van der Waals surface area contributed by atoms with Gasteiger partial charge in [-0.3, -0.25) is 0 Å². The minimum absolute atomic E-state index is 0.499. The van der Waals surface area contributed by atoms with Crippen molar-refractivity contribution in [2.24, 2.45) is 16.7 Å². The molecular formula is C18H38. The zero-order valence-corrected chi connectivity index (χ0v) is 14.2. The average molecular weight is 255 g/mol. The monoisotopic (exact) mass is 254 g/mol. The van der Waals surface area contributed by atoms with Crippen molar-refractivity contribution in [3.8, 4) is 0 Å². The van der Waals surface area contributed by atoms with Crippen LogP contribution in [-0.2, 0) is 0 Å². The van der Waals surface area contributed by atoms with Crippen LogP contribution in [0.5, 0.6) is 0 Å². The summed E-state index contributed by atoms with van der Waals surface area (Å²) in [5.74, 6) is 0.923. The lowest BCUT2D eigenvalue weighted by molar-refractivity contribution is 0.201. The highest BCUT2D eigenvalue weighted by molar-refractivity contribution is 4.74. The average Bonchev–Trinajstić information content (AvgIpc) is 2.18. The van der Waals surface area contributed by atoms with Gasteiger partial charge in [-0.15, -0.1) is 0 Å². The lowest BCUT2D eigenvalue weighted by Gasteiger charge is -2.31. The molecule has 0 fully saturated rings. The van der Waals surface area contributed by atoms with Gasteiger partial charge in [-0.05, 0) is 36.0 Å². The summed E-state index contributed by atoms with van der Waals surface area (Å²) in [5.41, 5.74) is 1.02. The van der Waals surface area contributed by atoms with Crippen LogP contribution in [0.4, 0.5) is 0 Å². The van der Waals surface area contributed by atoms with Crippen molar-refractivity contribution in [1.82, 2.24) is 0 Å². The van der Waals surface area contributed by atoms with E-state index < -0.39 is 0 Å². The molecule has 0 heterocycles. The van der Waals surface area contributed by atoms with E-state index in [1.54, 1.807) is 0 Å². The Morgan fingerprint density at radius 2 is 1.28 bits per heavy atom. The van der Waals surface area contributed by atoms with Crippen molar-refractivity contribution in [2.75, 3.05) is 0 Å². The van der Waals surface area contributed by atoms with E-state index in [4.69, 9.17) is 0 Å². The Balaban J connectivity index is 3.83. The molecule has 0 aliphatic rings. The molecule has 0 radical (unpaired) electrons. The first-order valence-electron chi connectivity index (χ1n) is 8.17. The third-order valence-electron chi connectivity index (χ3n) is 4.11. The summed E-state index contributed by atoms with van der Waals surface area (Å²) >= 11 is 0. The van der Waals surface area contributed by atoms with Crippen molar-refractivity contribution in [3.05, 3.63) is 0 Å². The summed E-state index contributed by atoms with van der Waals surface area (Å²) in [6.07, 6.45) is 11.3. The van der Waals surface area contributed by atoms with Crippen molar-refractivity contribution in [2.45, 2.75) is 99.8 Å². The molecule has 0 saturated heterocycles. The Labute approximate surface area is 117 Å². The Morgan fingerprint density at radius 1 is 0.722 bits per heavy atom. The zero-order chi connectivity index (χ0) is 14.2. The van der Waals surface area contributed by atoms with Gasteiger partial charge < -0.3 is 0 Å². The number of unbranched alkanes of at least 4 members (excludes halogenated alkanes) is 3. The molecule has 0 heteroatoms. The van der Waals surface area contributed by atoms with Crippen LogP contribution in [0.25, 0.3) is 0 Å². The number of hydrogen-bond acceptors (Lipinski definition) is 0. The summed E-state index contributed by atoms with van der Waals surface area (Å²) in [5, 5.41) is 0. The maximum absolute atomic E-state index is 2.42. The highest BCUT2D eigenvalue weighted by atomic mass is 14.3. The fourth-order valence-electron chi connectivity index (χ4n) is 2.68. The van der Waals surface area contributed by atoms with Crippen molar-refractivity contribution < 1.29 is 0 Å². The predicted octanol–water partition coefficient (Wildman–Crippen LogP) is 6.84. The van der Waals surface area contributed by atoms with E-state index in [0.29, 0.717) is 10.8 Å². The molecule has 1 unspecified atom stereocenters. The van der Waals surface area contributed by atoms with E-state index in [-0.39, 0.29) is 0 Å². The van der Waals surface area contributed by atoms with Crippen molar-refractivity contribution in [1.29, 1.82) is 0 Å². The van der Waals surface area contributed by atoms with Gasteiger partial charge in [0.1, 0.15) is 0 Å². The van der Waals surface area contributed by atoms with Crippen LogP contribution < -0.4 is 0 Å². The Morgan fingerprint density at radius 3 is 1.72 bits per heavy atom. The summed E-state index contributed by atoms with van der Waals surface area (Å²) in [6, 6.07) is 0. The third kappa shape index (κ3) is 9.97. The lowest BCUT2D eigenvalue weighted by atomic mass is 9.75. The molecule has 0 aliphatic carbocycles. The van der Waals surface area contributed by atoms with E-state index in [0.717, 1.165) is 5.92 Å². The van der Waals surface area contributed by atoms with E-state index in [2.05, 4.69) is 48.5 Å². The SMILES string of the molecule is CCCCC(CCCCCC(C)(C)C)C(C)(C)C. The van der Waals surface area contributed by atoms with Gasteiger partial charge >= 0.3 is 0 Å². The molecule has 0 N–H and O–H groups in total. The molecule has 0 aromatic rings. The highest BCUT2D eigenvalue weighted by Gasteiger charge is 2.23. The fraction of sp³-hybridized carbons (Fsp3) is 1.00. The van der Waals surface area contributed by atoms with Crippen LogP contribution in [0.1, 0.15) is 99.8 Å². The first-order chi connectivity index (χ1) is 8.17. The van der Waals surface area contributed by atoms with Crippen molar-refractivity contribution >= 4 is 0 Å². The number of rotatable bonds is 8. The Kier molecular flexibility index (Phi) is 8.23. The normalized spacial score (nSPS) is 14.8. The second kappa shape index (κ2) is 8.23. The van der Waals surface area contributed by atoms with E-state index in [1.165, 1.54) is 51.4 Å². The topological polar surface area (TPSA) is 0 Å².